The lowest BCUT2D eigenvalue weighted by molar-refractivity contribution is 1.08. The minimum atomic E-state index is 0.656. The summed E-state index contributed by atoms with van der Waals surface area (Å²) < 4.78 is 1.28. The van der Waals surface area contributed by atoms with E-state index in [-0.39, 0.29) is 0 Å². The molecule has 0 atom stereocenters. The van der Waals surface area contributed by atoms with Crippen molar-refractivity contribution in [3.8, 4) is 44.6 Å². The van der Waals surface area contributed by atoms with Crippen LogP contribution in [0.4, 0.5) is 0 Å². The fourth-order valence-corrected chi connectivity index (χ4v) is 7.39. The van der Waals surface area contributed by atoms with Crippen LogP contribution in [0.25, 0.3) is 87.0 Å². The van der Waals surface area contributed by atoms with Crippen LogP contribution in [-0.4, -0.2) is 15.0 Å². The minimum absolute atomic E-state index is 0.656. The lowest BCUT2D eigenvalue weighted by Gasteiger charge is -2.14. The number of rotatable bonds is 4. The summed E-state index contributed by atoms with van der Waals surface area (Å²) in [4.78, 5) is 16.7. The van der Waals surface area contributed by atoms with Gasteiger partial charge in [-0.25, -0.2) is 15.0 Å². The Morgan fingerprint density at radius 1 is 0.356 bits per heavy atom. The highest BCUT2D eigenvalue weighted by Crippen LogP contribution is 2.40. The van der Waals surface area contributed by atoms with Crippen LogP contribution in [0.15, 0.2) is 152 Å². The monoisotopic (exact) mass is 591 g/mol. The first kappa shape index (κ1) is 25.8. The molecule has 3 nitrogen and oxygen atoms in total. The predicted molar refractivity (Wildman–Crippen MR) is 189 cm³/mol. The minimum Gasteiger partial charge on any atom is -0.208 e. The molecule has 4 heteroatoms. The summed E-state index contributed by atoms with van der Waals surface area (Å²) in [6.45, 7) is 0. The van der Waals surface area contributed by atoms with Crippen LogP contribution < -0.4 is 0 Å². The van der Waals surface area contributed by atoms with E-state index in [2.05, 4.69) is 133 Å². The number of benzene rings is 7. The Labute approximate surface area is 264 Å². The lowest BCUT2D eigenvalue weighted by atomic mass is 9.93. The van der Waals surface area contributed by atoms with E-state index in [0.717, 1.165) is 38.4 Å². The van der Waals surface area contributed by atoms with Gasteiger partial charge in [-0.15, -0.1) is 11.3 Å². The highest BCUT2D eigenvalue weighted by atomic mass is 32.1. The van der Waals surface area contributed by atoms with Gasteiger partial charge in [-0.3, -0.25) is 0 Å². The average Bonchev–Trinajstić information content (AvgIpc) is 3.55. The van der Waals surface area contributed by atoms with E-state index in [9.17, 15) is 0 Å². The highest BCUT2D eigenvalue weighted by molar-refractivity contribution is 7.22. The maximum Gasteiger partial charge on any atom is 0.165 e. The van der Waals surface area contributed by atoms with Crippen molar-refractivity contribution in [2.24, 2.45) is 0 Å². The van der Waals surface area contributed by atoms with Crippen molar-refractivity contribution >= 4 is 53.7 Å². The van der Waals surface area contributed by atoms with Gasteiger partial charge in [0.25, 0.3) is 0 Å². The van der Waals surface area contributed by atoms with E-state index in [1.54, 1.807) is 11.3 Å². The van der Waals surface area contributed by atoms with Gasteiger partial charge in [0.15, 0.2) is 17.5 Å². The molecule has 0 spiro atoms. The zero-order chi connectivity index (χ0) is 29.7. The van der Waals surface area contributed by atoms with E-state index < -0.39 is 0 Å². The van der Waals surface area contributed by atoms with Gasteiger partial charge in [0.1, 0.15) is 0 Å². The molecule has 45 heavy (non-hydrogen) atoms. The second-order valence-corrected chi connectivity index (χ2v) is 12.3. The van der Waals surface area contributed by atoms with Crippen molar-refractivity contribution in [2.45, 2.75) is 0 Å². The first-order valence-electron chi connectivity index (χ1n) is 15.0. The van der Waals surface area contributed by atoms with Crippen LogP contribution >= 0.6 is 11.3 Å². The summed E-state index contributed by atoms with van der Waals surface area (Å²) >= 11 is 1.80. The van der Waals surface area contributed by atoms with Crippen molar-refractivity contribution in [1.29, 1.82) is 0 Å². The van der Waals surface area contributed by atoms with Crippen LogP contribution in [0.1, 0.15) is 0 Å². The summed E-state index contributed by atoms with van der Waals surface area (Å²) in [6.07, 6.45) is 0. The maximum atomic E-state index is 5.24. The highest BCUT2D eigenvalue weighted by Gasteiger charge is 2.18. The molecule has 0 radical (unpaired) electrons. The Balaban J connectivity index is 1.31. The molecule has 9 aromatic rings. The molecule has 2 heterocycles. The molecule has 2 aromatic heterocycles. The number of hydrogen-bond acceptors (Lipinski definition) is 4. The van der Waals surface area contributed by atoms with E-state index in [1.807, 2.05) is 18.2 Å². The molecule has 0 aliphatic carbocycles. The van der Waals surface area contributed by atoms with Crippen molar-refractivity contribution < 1.29 is 0 Å². The third-order valence-electron chi connectivity index (χ3n) is 8.49. The number of fused-ring (bicyclic) bond motifs is 5. The van der Waals surface area contributed by atoms with Crippen LogP contribution in [0, 0.1) is 0 Å². The van der Waals surface area contributed by atoms with Gasteiger partial charge in [-0.05, 0) is 67.5 Å². The number of nitrogens with zero attached hydrogens (tertiary/aromatic N) is 3. The third kappa shape index (κ3) is 4.46. The summed E-state index contributed by atoms with van der Waals surface area (Å²) in [5, 5.41) is 8.29. The second-order valence-electron chi connectivity index (χ2n) is 11.3. The smallest absolute Gasteiger partial charge is 0.165 e. The van der Waals surface area contributed by atoms with Crippen molar-refractivity contribution in [3.05, 3.63) is 152 Å². The molecule has 0 saturated carbocycles. The fourth-order valence-electron chi connectivity index (χ4n) is 6.33. The molecule has 7 aromatic carbocycles. The van der Waals surface area contributed by atoms with Crippen LogP contribution in [0.5, 0.6) is 0 Å². The molecule has 9 rings (SSSR count). The topological polar surface area (TPSA) is 38.7 Å². The lowest BCUT2D eigenvalue weighted by Crippen LogP contribution is -2.01. The van der Waals surface area contributed by atoms with Gasteiger partial charge in [0, 0.05) is 26.3 Å². The quantitative estimate of drug-likeness (QED) is 0.151. The third-order valence-corrected chi connectivity index (χ3v) is 9.66. The summed E-state index contributed by atoms with van der Waals surface area (Å²) in [7, 11) is 0. The van der Waals surface area contributed by atoms with E-state index in [1.165, 1.54) is 31.1 Å². The fraction of sp³-hybridized carbons (Fsp3) is 0. The second kappa shape index (κ2) is 10.5. The van der Waals surface area contributed by atoms with E-state index in [0.29, 0.717) is 17.5 Å². The zero-order valence-corrected chi connectivity index (χ0v) is 25.0. The van der Waals surface area contributed by atoms with E-state index in [4.69, 9.17) is 15.0 Å². The Kier molecular flexibility index (Phi) is 6.00. The standard InChI is InChI=1S/C41H25N3S/c1-2-12-27(13-3-1)39-42-40(31-17-10-16-29(23-31)37-25-30-15-6-9-20-36(30)45-37)44-41(43-39)38-33-19-8-5-14-28(33)24-35-32-18-7-4-11-26(32)21-22-34(35)38/h1-25H. The Bertz CT molecular complexity index is 2520. The molecule has 0 saturated heterocycles. The average molecular weight is 592 g/mol. The van der Waals surface area contributed by atoms with Gasteiger partial charge in [-0.1, -0.05) is 127 Å². The van der Waals surface area contributed by atoms with Crippen LogP contribution in [0.2, 0.25) is 0 Å². The van der Waals surface area contributed by atoms with Crippen molar-refractivity contribution in [3.63, 3.8) is 0 Å². The predicted octanol–water partition coefficient (Wildman–Crippen LogP) is 11.2. The molecule has 0 aliphatic heterocycles. The maximum absolute atomic E-state index is 5.24. The summed E-state index contributed by atoms with van der Waals surface area (Å²) in [5.74, 6) is 1.98. The zero-order valence-electron chi connectivity index (χ0n) is 24.2. The van der Waals surface area contributed by atoms with Crippen LogP contribution in [0.3, 0.4) is 0 Å². The molecule has 0 bridgehead atoms. The largest absolute Gasteiger partial charge is 0.208 e. The molecular formula is C41H25N3S. The van der Waals surface area contributed by atoms with Gasteiger partial charge in [0.05, 0.1) is 0 Å². The SMILES string of the molecule is c1ccc(-c2nc(-c3cccc(-c4cc5ccccc5s4)c3)nc(-c3c4ccccc4cc4c3ccc3ccccc34)n2)cc1. The molecule has 210 valence electrons. The Morgan fingerprint density at radius 2 is 1.00 bits per heavy atom. The van der Waals surface area contributed by atoms with Crippen molar-refractivity contribution in [1.82, 2.24) is 15.0 Å². The molecule has 0 unspecified atom stereocenters. The summed E-state index contributed by atoms with van der Waals surface area (Å²) in [5.41, 5.74) is 4.09. The first-order valence-corrected chi connectivity index (χ1v) is 15.8. The van der Waals surface area contributed by atoms with Gasteiger partial charge in [-0.2, -0.15) is 0 Å². The van der Waals surface area contributed by atoms with Crippen LogP contribution in [-0.2, 0) is 0 Å². The molecule has 0 amide bonds. The molecule has 0 fully saturated rings. The molecule has 0 aliphatic rings. The molecule has 0 N–H and O–H groups in total. The van der Waals surface area contributed by atoms with Gasteiger partial charge in [0.2, 0.25) is 0 Å². The number of thiophene rings is 1. The Morgan fingerprint density at radius 3 is 1.84 bits per heavy atom. The Hall–Kier alpha value is -5.71. The van der Waals surface area contributed by atoms with Crippen molar-refractivity contribution in [2.75, 3.05) is 0 Å². The normalized spacial score (nSPS) is 11.6. The van der Waals surface area contributed by atoms with E-state index >= 15 is 0 Å². The molecular weight excluding hydrogens is 567 g/mol. The summed E-state index contributed by atoms with van der Waals surface area (Å²) in [6, 6.07) is 53.4. The first-order chi connectivity index (χ1) is 22.3. The van der Waals surface area contributed by atoms with Gasteiger partial charge < -0.3 is 0 Å². The number of hydrogen-bond donors (Lipinski definition) is 0. The number of aromatic nitrogens is 3. The van der Waals surface area contributed by atoms with Gasteiger partial charge >= 0.3 is 0 Å².